The zero-order chi connectivity index (χ0) is 15.7. The van der Waals surface area contributed by atoms with E-state index in [1.165, 1.54) is 6.92 Å². The predicted molar refractivity (Wildman–Crippen MR) is 79.2 cm³/mol. The number of halogens is 1. The Balaban J connectivity index is 4.65. The van der Waals surface area contributed by atoms with Crippen molar-refractivity contribution in [2.75, 3.05) is 5.88 Å². The number of allylic oxidation sites excluding steroid dienone is 1. The van der Waals surface area contributed by atoms with Crippen LogP contribution in [0.5, 0.6) is 0 Å². The molecule has 20 heavy (non-hydrogen) atoms. The fourth-order valence-corrected chi connectivity index (χ4v) is 1.90. The van der Waals surface area contributed by atoms with E-state index in [4.69, 9.17) is 17.3 Å². The molecule has 0 aliphatic carbocycles. The van der Waals surface area contributed by atoms with Crippen LogP contribution >= 0.6 is 11.6 Å². The minimum atomic E-state index is -0.968. The van der Waals surface area contributed by atoms with Crippen LogP contribution in [-0.2, 0) is 14.4 Å². The molecule has 0 rings (SSSR count). The quantitative estimate of drug-likeness (QED) is 0.363. The zero-order valence-electron chi connectivity index (χ0n) is 12.0. The minimum Gasteiger partial charge on any atom is -0.369 e. The van der Waals surface area contributed by atoms with Gasteiger partial charge in [0, 0.05) is 0 Å². The van der Waals surface area contributed by atoms with E-state index in [0.29, 0.717) is 6.42 Å². The van der Waals surface area contributed by atoms with Gasteiger partial charge in [-0.05, 0) is 32.1 Å². The molecular formula is C14H23ClN2O3. The molecule has 0 aliphatic rings. The fourth-order valence-electron chi connectivity index (χ4n) is 1.71. The van der Waals surface area contributed by atoms with E-state index >= 15 is 0 Å². The monoisotopic (exact) mass is 302 g/mol. The van der Waals surface area contributed by atoms with E-state index in [9.17, 15) is 14.4 Å². The molecule has 0 saturated carbocycles. The summed E-state index contributed by atoms with van der Waals surface area (Å²) in [6.45, 7) is 7.04. The van der Waals surface area contributed by atoms with Crippen LogP contribution < -0.4 is 11.1 Å². The molecule has 2 amide bonds. The third kappa shape index (κ3) is 6.70. The summed E-state index contributed by atoms with van der Waals surface area (Å²) in [5.74, 6) is -2.44. The summed E-state index contributed by atoms with van der Waals surface area (Å²) in [6, 6.07) is -0.679. The number of nitrogens with one attached hydrogen (secondary N) is 1. The Morgan fingerprint density at radius 1 is 1.35 bits per heavy atom. The van der Waals surface area contributed by atoms with Gasteiger partial charge >= 0.3 is 0 Å². The van der Waals surface area contributed by atoms with Gasteiger partial charge in [0.05, 0.1) is 11.9 Å². The zero-order valence-corrected chi connectivity index (χ0v) is 12.8. The molecule has 0 fully saturated rings. The van der Waals surface area contributed by atoms with E-state index in [1.807, 2.05) is 13.0 Å². The molecule has 0 aromatic heterocycles. The van der Waals surface area contributed by atoms with E-state index in [0.717, 1.165) is 12.8 Å². The van der Waals surface area contributed by atoms with E-state index < -0.39 is 23.8 Å². The highest BCUT2D eigenvalue weighted by atomic mass is 35.5. The molecule has 3 N–H and O–H groups in total. The summed E-state index contributed by atoms with van der Waals surface area (Å²) in [7, 11) is 0. The molecule has 0 spiro atoms. The van der Waals surface area contributed by atoms with Gasteiger partial charge in [0.15, 0.2) is 5.78 Å². The maximum atomic E-state index is 11.8. The van der Waals surface area contributed by atoms with Crippen LogP contribution in [0.3, 0.4) is 0 Å². The number of carbonyl (C=O) groups is 3. The number of amides is 2. The smallest absolute Gasteiger partial charge is 0.232 e. The molecule has 0 radical (unpaired) electrons. The van der Waals surface area contributed by atoms with Crippen molar-refractivity contribution in [1.82, 2.24) is 5.32 Å². The third-order valence-electron chi connectivity index (χ3n) is 3.16. The number of hydrogen-bond acceptors (Lipinski definition) is 3. The fraction of sp³-hybridized carbons (Fsp3) is 0.643. The maximum Gasteiger partial charge on any atom is 0.232 e. The Hall–Kier alpha value is -1.36. The average Bonchev–Trinajstić information content (AvgIpc) is 2.42. The van der Waals surface area contributed by atoms with Gasteiger partial charge in [0.2, 0.25) is 11.8 Å². The second-order valence-electron chi connectivity index (χ2n) is 4.99. The van der Waals surface area contributed by atoms with Crippen molar-refractivity contribution in [3.63, 3.8) is 0 Å². The van der Waals surface area contributed by atoms with Crippen molar-refractivity contribution in [1.29, 1.82) is 0 Å². The van der Waals surface area contributed by atoms with Crippen molar-refractivity contribution in [3.05, 3.63) is 12.7 Å². The minimum absolute atomic E-state index is 0.177. The van der Waals surface area contributed by atoms with Crippen LogP contribution in [0.25, 0.3) is 0 Å². The molecule has 0 bridgehead atoms. The maximum absolute atomic E-state index is 11.8. The molecule has 0 aromatic carbocycles. The standard InChI is InChI=1S/C14H23ClN2O3/c1-4-5-6-9(2)7-11(12(18)8-15)17-14(20)10(3)13(16)19/h4,9-11H,1,5-8H2,2-3H3,(H2,16,19)(H,17,20)/t9-,10+,11?/m1/s1. The number of hydrogen-bond donors (Lipinski definition) is 2. The van der Waals surface area contributed by atoms with E-state index in [1.54, 1.807) is 0 Å². The van der Waals surface area contributed by atoms with Gasteiger partial charge in [0.1, 0.15) is 5.92 Å². The summed E-state index contributed by atoms with van der Waals surface area (Å²) >= 11 is 5.55. The highest BCUT2D eigenvalue weighted by molar-refractivity contribution is 6.28. The molecular weight excluding hydrogens is 280 g/mol. The second kappa shape index (κ2) is 9.53. The molecule has 6 heteroatoms. The average molecular weight is 303 g/mol. The lowest BCUT2D eigenvalue weighted by Gasteiger charge is -2.21. The molecule has 114 valence electrons. The Labute approximate surface area is 124 Å². The lowest BCUT2D eigenvalue weighted by molar-refractivity contribution is -0.135. The molecule has 0 aliphatic heterocycles. The van der Waals surface area contributed by atoms with Gasteiger partial charge in [-0.1, -0.05) is 13.0 Å². The molecule has 3 atom stereocenters. The Kier molecular flexibility index (Phi) is 8.88. The number of alkyl halides is 1. The molecule has 5 nitrogen and oxygen atoms in total. The van der Waals surface area contributed by atoms with Gasteiger partial charge < -0.3 is 11.1 Å². The number of Topliss-reactive ketones (excluding diaryl/α,β-unsaturated/α-hetero) is 1. The van der Waals surface area contributed by atoms with Gasteiger partial charge in [-0.3, -0.25) is 14.4 Å². The Morgan fingerprint density at radius 3 is 2.40 bits per heavy atom. The van der Waals surface area contributed by atoms with Crippen LogP contribution in [-0.4, -0.2) is 29.5 Å². The van der Waals surface area contributed by atoms with Crippen molar-refractivity contribution in [3.8, 4) is 0 Å². The first-order valence-corrected chi connectivity index (χ1v) is 7.16. The highest BCUT2D eigenvalue weighted by Gasteiger charge is 2.26. The van der Waals surface area contributed by atoms with Crippen LogP contribution in [0.15, 0.2) is 12.7 Å². The Bertz CT molecular complexity index is 371. The summed E-state index contributed by atoms with van der Waals surface area (Å²) < 4.78 is 0. The number of rotatable bonds is 10. The summed E-state index contributed by atoms with van der Waals surface area (Å²) in [6.07, 6.45) is 4.00. The number of ketones is 1. The van der Waals surface area contributed by atoms with Gasteiger partial charge in [-0.15, -0.1) is 18.2 Å². The van der Waals surface area contributed by atoms with Gasteiger partial charge in [-0.2, -0.15) is 0 Å². The first-order valence-electron chi connectivity index (χ1n) is 6.62. The van der Waals surface area contributed by atoms with Crippen LogP contribution in [0.1, 0.15) is 33.1 Å². The summed E-state index contributed by atoms with van der Waals surface area (Å²) in [4.78, 5) is 34.5. The number of carbonyl (C=O) groups excluding carboxylic acids is 3. The van der Waals surface area contributed by atoms with Gasteiger partial charge in [0.25, 0.3) is 0 Å². The van der Waals surface area contributed by atoms with Crippen LogP contribution in [0.4, 0.5) is 0 Å². The Morgan fingerprint density at radius 2 is 1.95 bits per heavy atom. The molecule has 0 heterocycles. The largest absolute Gasteiger partial charge is 0.369 e. The topological polar surface area (TPSA) is 89.3 Å². The van der Waals surface area contributed by atoms with Crippen molar-refractivity contribution in [2.45, 2.75) is 39.2 Å². The first-order chi connectivity index (χ1) is 9.33. The third-order valence-corrected chi connectivity index (χ3v) is 3.42. The summed E-state index contributed by atoms with van der Waals surface area (Å²) in [5, 5.41) is 2.56. The van der Waals surface area contributed by atoms with Crippen molar-refractivity contribution < 1.29 is 14.4 Å². The van der Waals surface area contributed by atoms with Crippen LogP contribution in [0.2, 0.25) is 0 Å². The van der Waals surface area contributed by atoms with Crippen molar-refractivity contribution in [2.24, 2.45) is 17.6 Å². The number of primary amides is 1. The van der Waals surface area contributed by atoms with Crippen molar-refractivity contribution >= 4 is 29.2 Å². The molecule has 0 aromatic rings. The molecule has 1 unspecified atom stereocenters. The van der Waals surface area contributed by atoms with E-state index in [-0.39, 0.29) is 17.6 Å². The normalized spacial score (nSPS) is 14.9. The lowest BCUT2D eigenvalue weighted by Crippen LogP contribution is -2.47. The lowest BCUT2D eigenvalue weighted by atomic mass is 9.94. The second-order valence-corrected chi connectivity index (χ2v) is 5.26. The van der Waals surface area contributed by atoms with Crippen LogP contribution in [0, 0.1) is 11.8 Å². The van der Waals surface area contributed by atoms with E-state index in [2.05, 4.69) is 11.9 Å². The van der Waals surface area contributed by atoms with Gasteiger partial charge in [-0.25, -0.2) is 0 Å². The first kappa shape index (κ1) is 18.6. The number of nitrogens with two attached hydrogens (primary N) is 1. The summed E-state index contributed by atoms with van der Waals surface area (Å²) in [5.41, 5.74) is 5.07. The SMILES string of the molecule is C=CCC[C@@H](C)CC(NC(=O)[C@@H](C)C(N)=O)C(=O)CCl. The molecule has 0 saturated heterocycles. The predicted octanol–water partition coefficient (Wildman–Crippen LogP) is 1.39. The highest BCUT2D eigenvalue weighted by Crippen LogP contribution is 2.14.